The summed E-state index contributed by atoms with van der Waals surface area (Å²) in [6.07, 6.45) is 1.68. The molecule has 0 saturated carbocycles. The molecular formula is C12H16N6OS. The molecule has 2 aromatic heterocycles. The van der Waals surface area contributed by atoms with Crippen LogP contribution in [-0.2, 0) is 0 Å². The fourth-order valence-corrected chi connectivity index (χ4v) is 2.66. The molecule has 3 rings (SSSR count). The molecule has 1 saturated heterocycles. The second-order valence-electron chi connectivity index (χ2n) is 5.08. The monoisotopic (exact) mass is 292 g/mol. The highest BCUT2D eigenvalue weighted by atomic mass is 32.1. The van der Waals surface area contributed by atoms with E-state index in [2.05, 4.69) is 39.8 Å². The number of amides is 1. The number of carbonyl (C=O) groups is 1. The Morgan fingerprint density at radius 3 is 2.95 bits per heavy atom. The molecule has 1 aliphatic rings. The van der Waals surface area contributed by atoms with Gasteiger partial charge in [-0.05, 0) is 5.92 Å². The number of nitrogens with one attached hydrogen (secondary N) is 2. The molecule has 0 radical (unpaired) electrons. The molecule has 2 aromatic rings. The molecule has 7 nitrogen and oxygen atoms in total. The van der Waals surface area contributed by atoms with Crippen molar-refractivity contribution in [2.45, 2.75) is 25.8 Å². The van der Waals surface area contributed by atoms with Crippen molar-refractivity contribution in [3.8, 4) is 0 Å². The van der Waals surface area contributed by atoms with Gasteiger partial charge in [0.05, 0.1) is 17.9 Å². The molecular weight excluding hydrogens is 276 g/mol. The zero-order chi connectivity index (χ0) is 14.1. The molecule has 106 valence electrons. The lowest BCUT2D eigenvalue weighted by Gasteiger charge is -2.26. The molecule has 20 heavy (non-hydrogen) atoms. The van der Waals surface area contributed by atoms with Gasteiger partial charge < -0.3 is 5.32 Å². The summed E-state index contributed by atoms with van der Waals surface area (Å²) in [4.78, 5) is 16.4. The van der Waals surface area contributed by atoms with E-state index in [9.17, 15) is 4.79 Å². The summed E-state index contributed by atoms with van der Waals surface area (Å²) in [5, 5.41) is 16.4. The van der Waals surface area contributed by atoms with Gasteiger partial charge in [-0.25, -0.2) is 9.67 Å². The van der Waals surface area contributed by atoms with Crippen LogP contribution in [0.4, 0.5) is 5.13 Å². The zero-order valence-electron chi connectivity index (χ0n) is 11.3. The number of aromatic nitrogens is 4. The summed E-state index contributed by atoms with van der Waals surface area (Å²) in [5.74, 6) is 0.0806. The topological polar surface area (TPSA) is 84.7 Å². The van der Waals surface area contributed by atoms with Crippen LogP contribution < -0.4 is 10.6 Å². The van der Waals surface area contributed by atoms with Gasteiger partial charge in [0.15, 0.2) is 10.8 Å². The Hall–Kier alpha value is -1.80. The lowest BCUT2D eigenvalue weighted by Crippen LogP contribution is -2.43. The number of carbonyl (C=O) groups excluding carboxylic acids is 1. The van der Waals surface area contributed by atoms with E-state index in [0.717, 1.165) is 18.8 Å². The van der Waals surface area contributed by atoms with Crippen molar-refractivity contribution < 1.29 is 4.79 Å². The highest BCUT2D eigenvalue weighted by Crippen LogP contribution is 2.21. The predicted molar refractivity (Wildman–Crippen MR) is 76.1 cm³/mol. The third-order valence-corrected chi connectivity index (χ3v) is 3.99. The zero-order valence-corrected chi connectivity index (χ0v) is 12.1. The molecule has 0 atom stereocenters. The Labute approximate surface area is 120 Å². The third kappa shape index (κ3) is 2.56. The minimum Gasteiger partial charge on any atom is -0.312 e. The maximum Gasteiger partial charge on any atom is 0.279 e. The second-order valence-corrected chi connectivity index (χ2v) is 5.94. The highest BCUT2D eigenvalue weighted by molar-refractivity contribution is 7.14. The average Bonchev–Trinajstić information content (AvgIpc) is 2.95. The summed E-state index contributed by atoms with van der Waals surface area (Å²) in [7, 11) is 0. The van der Waals surface area contributed by atoms with Crippen LogP contribution in [0.3, 0.4) is 0 Å². The number of rotatable bonds is 4. The van der Waals surface area contributed by atoms with Crippen LogP contribution in [0.15, 0.2) is 11.6 Å². The van der Waals surface area contributed by atoms with Crippen LogP contribution in [0.25, 0.3) is 0 Å². The van der Waals surface area contributed by atoms with Crippen LogP contribution in [0, 0.1) is 0 Å². The fraction of sp³-hybridized carbons (Fsp3) is 0.500. The van der Waals surface area contributed by atoms with Crippen molar-refractivity contribution in [2.75, 3.05) is 18.4 Å². The van der Waals surface area contributed by atoms with Crippen molar-refractivity contribution in [3.05, 3.63) is 23.0 Å². The first-order chi connectivity index (χ1) is 9.63. The summed E-state index contributed by atoms with van der Waals surface area (Å²) < 4.78 is 1.73. The minimum atomic E-state index is -0.270. The fourth-order valence-electron chi connectivity index (χ4n) is 1.79. The first-order valence-corrected chi connectivity index (χ1v) is 7.41. The molecule has 1 amide bonds. The van der Waals surface area contributed by atoms with Gasteiger partial charge in [-0.3, -0.25) is 10.1 Å². The van der Waals surface area contributed by atoms with Crippen LogP contribution in [0.5, 0.6) is 0 Å². The Balaban J connectivity index is 1.67. The largest absolute Gasteiger partial charge is 0.312 e. The first-order valence-electron chi connectivity index (χ1n) is 6.53. The van der Waals surface area contributed by atoms with E-state index in [1.165, 1.54) is 11.3 Å². The average molecular weight is 292 g/mol. The molecule has 8 heteroatoms. The minimum absolute atomic E-state index is 0.270. The molecule has 2 N–H and O–H groups in total. The maximum absolute atomic E-state index is 12.1. The molecule has 0 spiro atoms. The van der Waals surface area contributed by atoms with Gasteiger partial charge in [0, 0.05) is 18.5 Å². The van der Waals surface area contributed by atoms with E-state index in [4.69, 9.17) is 0 Å². The number of thiazole rings is 1. The van der Waals surface area contributed by atoms with Gasteiger partial charge in [-0.2, -0.15) is 0 Å². The van der Waals surface area contributed by atoms with Crippen molar-refractivity contribution in [1.82, 2.24) is 25.3 Å². The second kappa shape index (κ2) is 5.29. The predicted octanol–water partition coefficient (Wildman–Crippen LogP) is 1.25. The Kier molecular flexibility index (Phi) is 3.49. The van der Waals surface area contributed by atoms with Gasteiger partial charge in [0.1, 0.15) is 0 Å². The van der Waals surface area contributed by atoms with E-state index in [0.29, 0.717) is 22.8 Å². The Morgan fingerprint density at radius 1 is 1.55 bits per heavy atom. The van der Waals surface area contributed by atoms with Crippen molar-refractivity contribution in [2.24, 2.45) is 0 Å². The number of nitrogens with zero attached hydrogens (tertiary/aromatic N) is 4. The molecule has 1 fully saturated rings. The summed E-state index contributed by atoms with van der Waals surface area (Å²) >= 11 is 1.42. The van der Waals surface area contributed by atoms with E-state index in [1.807, 2.05) is 5.38 Å². The standard InChI is InChI=1S/C12H16N6OS/c1-7(2)10-6-20-12(14-10)15-11(19)9-5-18(17-16-9)8-3-13-4-8/h5-8,13H,3-4H2,1-2H3,(H,14,15,19). The van der Waals surface area contributed by atoms with Crippen molar-refractivity contribution in [1.29, 1.82) is 0 Å². The van der Waals surface area contributed by atoms with Gasteiger partial charge >= 0.3 is 0 Å². The smallest absolute Gasteiger partial charge is 0.279 e. The Morgan fingerprint density at radius 2 is 2.35 bits per heavy atom. The van der Waals surface area contributed by atoms with Crippen LogP contribution in [-0.4, -0.2) is 39.0 Å². The van der Waals surface area contributed by atoms with E-state index >= 15 is 0 Å². The molecule has 0 aromatic carbocycles. The van der Waals surface area contributed by atoms with Gasteiger partial charge in [-0.1, -0.05) is 19.1 Å². The highest BCUT2D eigenvalue weighted by Gasteiger charge is 2.22. The van der Waals surface area contributed by atoms with Crippen molar-refractivity contribution in [3.63, 3.8) is 0 Å². The number of anilines is 1. The summed E-state index contributed by atoms with van der Waals surface area (Å²) in [6, 6.07) is 0.302. The van der Waals surface area contributed by atoms with E-state index < -0.39 is 0 Å². The number of hydrogen-bond acceptors (Lipinski definition) is 6. The number of hydrogen-bond donors (Lipinski definition) is 2. The van der Waals surface area contributed by atoms with Gasteiger partial charge in [0.2, 0.25) is 0 Å². The molecule has 1 aliphatic heterocycles. The van der Waals surface area contributed by atoms with Crippen LogP contribution in [0.2, 0.25) is 0 Å². The molecule has 0 bridgehead atoms. The third-order valence-electron chi connectivity index (χ3n) is 3.21. The van der Waals surface area contributed by atoms with Gasteiger partial charge in [0.25, 0.3) is 5.91 Å². The lowest BCUT2D eigenvalue weighted by atomic mass is 10.2. The van der Waals surface area contributed by atoms with Crippen molar-refractivity contribution >= 4 is 22.4 Å². The summed E-state index contributed by atoms with van der Waals surface area (Å²) in [6.45, 7) is 5.88. The quantitative estimate of drug-likeness (QED) is 0.886. The normalized spacial score (nSPS) is 15.3. The molecule has 0 unspecified atom stereocenters. The Bertz CT molecular complexity index is 615. The van der Waals surface area contributed by atoms with E-state index in [-0.39, 0.29) is 5.91 Å². The molecule has 3 heterocycles. The molecule has 0 aliphatic carbocycles. The van der Waals surface area contributed by atoms with Crippen LogP contribution >= 0.6 is 11.3 Å². The lowest BCUT2D eigenvalue weighted by molar-refractivity contribution is 0.102. The summed E-state index contributed by atoms with van der Waals surface area (Å²) in [5.41, 5.74) is 1.30. The first kappa shape index (κ1) is 13.2. The maximum atomic E-state index is 12.1. The SMILES string of the molecule is CC(C)c1csc(NC(=O)c2cn(C3CNC3)nn2)n1. The van der Waals surface area contributed by atoms with Crippen LogP contribution in [0.1, 0.15) is 42.0 Å². The van der Waals surface area contributed by atoms with E-state index in [1.54, 1.807) is 10.9 Å². The van der Waals surface area contributed by atoms with Gasteiger partial charge in [-0.15, -0.1) is 16.4 Å².